The second kappa shape index (κ2) is 9.04. The van der Waals surface area contributed by atoms with Crippen LogP contribution >= 0.6 is 0 Å². The summed E-state index contributed by atoms with van der Waals surface area (Å²) < 4.78 is 7.23. The van der Waals surface area contributed by atoms with Crippen LogP contribution in [0.4, 0.5) is 0 Å². The first-order chi connectivity index (χ1) is 15.1. The molecule has 0 radical (unpaired) electrons. The molecule has 0 saturated carbocycles. The highest BCUT2D eigenvalue weighted by atomic mass is 16.5. The van der Waals surface area contributed by atoms with Gasteiger partial charge < -0.3 is 10.1 Å². The van der Waals surface area contributed by atoms with E-state index >= 15 is 0 Å². The van der Waals surface area contributed by atoms with Gasteiger partial charge in [-0.05, 0) is 54.3 Å². The second-order valence-electron chi connectivity index (χ2n) is 7.72. The maximum absolute atomic E-state index is 12.9. The standard InChI is InChI=1S/C26H27N3O2/c1-4-19-8-10-21(11-9-19)18(2)28-26(30)22-12-13-23-16-27-29(25(23)15-22)17-20-6-5-7-24(14-20)31-3/h5-16,18H,4,17H2,1-3H3,(H,28,30)/t18-/m1/s1. The van der Waals surface area contributed by atoms with Crippen LogP contribution in [-0.2, 0) is 13.0 Å². The molecule has 0 bridgehead atoms. The maximum Gasteiger partial charge on any atom is 0.251 e. The van der Waals surface area contributed by atoms with Crippen molar-refractivity contribution in [2.75, 3.05) is 7.11 Å². The van der Waals surface area contributed by atoms with Crippen LogP contribution in [0.2, 0.25) is 0 Å². The molecule has 1 N–H and O–H groups in total. The Labute approximate surface area is 182 Å². The van der Waals surface area contributed by atoms with Gasteiger partial charge in [0.25, 0.3) is 5.91 Å². The van der Waals surface area contributed by atoms with Crippen LogP contribution < -0.4 is 10.1 Å². The number of nitrogens with zero attached hydrogens (tertiary/aromatic N) is 2. The summed E-state index contributed by atoms with van der Waals surface area (Å²) in [6, 6.07) is 21.9. The van der Waals surface area contributed by atoms with Crippen LogP contribution in [0.3, 0.4) is 0 Å². The minimum Gasteiger partial charge on any atom is -0.497 e. The van der Waals surface area contributed by atoms with E-state index in [2.05, 4.69) is 41.6 Å². The van der Waals surface area contributed by atoms with Crippen LogP contribution in [0.15, 0.2) is 72.9 Å². The van der Waals surface area contributed by atoms with Crippen molar-refractivity contribution in [2.45, 2.75) is 32.9 Å². The molecule has 5 nitrogen and oxygen atoms in total. The summed E-state index contributed by atoms with van der Waals surface area (Å²) in [6.07, 6.45) is 2.83. The number of methoxy groups -OCH3 is 1. The molecule has 1 aromatic heterocycles. The minimum absolute atomic E-state index is 0.0733. The molecule has 0 fully saturated rings. The van der Waals surface area contributed by atoms with E-state index in [9.17, 15) is 4.79 Å². The summed E-state index contributed by atoms with van der Waals surface area (Å²) in [4.78, 5) is 12.9. The second-order valence-corrected chi connectivity index (χ2v) is 7.72. The molecule has 31 heavy (non-hydrogen) atoms. The fourth-order valence-electron chi connectivity index (χ4n) is 3.69. The van der Waals surface area contributed by atoms with Gasteiger partial charge in [-0.2, -0.15) is 5.10 Å². The average molecular weight is 414 g/mol. The third-order valence-electron chi connectivity index (χ3n) is 5.61. The normalized spacial score (nSPS) is 12.0. The number of hydrogen-bond acceptors (Lipinski definition) is 3. The molecule has 1 heterocycles. The van der Waals surface area contributed by atoms with Crippen molar-refractivity contribution in [3.8, 4) is 5.75 Å². The SMILES string of the molecule is CCc1ccc([C@@H](C)NC(=O)c2ccc3cnn(Cc4cccc(OC)c4)c3c2)cc1. The summed E-state index contributed by atoms with van der Waals surface area (Å²) in [5.41, 5.74) is 5.02. The zero-order valence-corrected chi connectivity index (χ0v) is 18.1. The molecule has 0 unspecified atom stereocenters. The highest BCUT2D eigenvalue weighted by molar-refractivity contribution is 5.98. The van der Waals surface area contributed by atoms with Gasteiger partial charge in [-0.25, -0.2) is 0 Å². The third kappa shape index (κ3) is 4.61. The van der Waals surface area contributed by atoms with Gasteiger partial charge >= 0.3 is 0 Å². The van der Waals surface area contributed by atoms with E-state index in [0.29, 0.717) is 12.1 Å². The summed E-state index contributed by atoms with van der Waals surface area (Å²) in [7, 11) is 1.66. The fourth-order valence-corrected chi connectivity index (χ4v) is 3.69. The number of amides is 1. The quantitative estimate of drug-likeness (QED) is 0.456. The van der Waals surface area contributed by atoms with Gasteiger partial charge in [0.1, 0.15) is 5.75 Å². The van der Waals surface area contributed by atoms with E-state index in [1.807, 2.05) is 60.3 Å². The van der Waals surface area contributed by atoms with Gasteiger partial charge in [-0.3, -0.25) is 9.48 Å². The number of nitrogens with one attached hydrogen (secondary N) is 1. The Kier molecular flexibility index (Phi) is 6.03. The first-order valence-corrected chi connectivity index (χ1v) is 10.6. The summed E-state index contributed by atoms with van der Waals surface area (Å²) in [5.74, 6) is 0.720. The smallest absolute Gasteiger partial charge is 0.251 e. The monoisotopic (exact) mass is 413 g/mol. The van der Waals surface area contributed by atoms with Crippen molar-refractivity contribution < 1.29 is 9.53 Å². The Balaban J connectivity index is 1.53. The lowest BCUT2D eigenvalue weighted by molar-refractivity contribution is 0.0940. The molecule has 158 valence electrons. The van der Waals surface area contributed by atoms with Crippen molar-refractivity contribution >= 4 is 16.8 Å². The number of fused-ring (bicyclic) bond motifs is 1. The molecular weight excluding hydrogens is 386 g/mol. The molecule has 4 aromatic rings. The van der Waals surface area contributed by atoms with Gasteiger partial charge in [0.15, 0.2) is 0 Å². The highest BCUT2D eigenvalue weighted by Crippen LogP contribution is 2.20. The van der Waals surface area contributed by atoms with Crippen molar-refractivity contribution in [1.82, 2.24) is 15.1 Å². The van der Waals surface area contributed by atoms with Crippen molar-refractivity contribution in [3.05, 3.63) is 95.2 Å². The van der Waals surface area contributed by atoms with E-state index in [0.717, 1.165) is 34.2 Å². The Hall–Kier alpha value is -3.60. The number of hydrogen-bond donors (Lipinski definition) is 1. The molecule has 0 aliphatic heterocycles. The van der Waals surface area contributed by atoms with E-state index in [4.69, 9.17) is 4.74 Å². The Morgan fingerprint density at radius 1 is 1.06 bits per heavy atom. The lowest BCUT2D eigenvalue weighted by Crippen LogP contribution is -2.26. The van der Waals surface area contributed by atoms with E-state index in [1.165, 1.54) is 5.56 Å². The van der Waals surface area contributed by atoms with Crippen molar-refractivity contribution in [2.24, 2.45) is 0 Å². The molecule has 0 spiro atoms. The molecule has 1 atom stereocenters. The molecule has 3 aromatic carbocycles. The van der Waals surface area contributed by atoms with Crippen LogP contribution in [0.1, 0.15) is 46.9 Å². The molecule has 0 saturated heterocycles. The predicted octanol–water partition coefficient (Wildman–Crippen LogP) is 5.15. The van der Waals surface area contributed by atoms with Crippen molar-refractivity contribution in [3.63, 3.8) is 0 Å². The Bertz CT molecular complexity index is 1190. The van der Waals surface area contributed by atoms with Gasteiger partial charge in [-0.1, -0.05) is 49.4 Å². The van der Waals surface area contributed by atoms with E-state index in [1.54, 1.807) is 7.11 Å². The molecule has 4 rings (SSSR count). The van der Waals surface area contributed by atoms with Crippen LogP contribution in [0.25, 0.3) is 10.9 Å². The zero-order chi connectivity index (χ0) is 21.8. The molecule has 0 aliphatic carbocycles. The van der Waals surface area contributed by atoms with Gasteiger partial charge in [0, 0.05) is 10.9 Å². The number of rotatable bonds is 7. The number of carbonyl (C=O) groups is 1. The van der Waals surface area contributed by atoms with Gasteiger partial charge in [0.05, 0.1) is 31.4 Å². The topological polar surface area (TPSA) is 56.2 Å². The first-order valence-electron chi connectivity index (χ1n) is 10.6. The molecule has 5 heteroatoms. The van der Waals surface area contributed by atoms with E-state index < -0.39 is 0 Å². The fraction of sp³-hybridized carbons (Fsp3) is 0.231. The van der Waals surface area contributed by atoms with Crippen LogP contribution in [0.5, 0.6) is 5.75 Å². The third-order valence-corrected chi connectivity index (χ3v) is 5.61. The lowest BCUT2D eigenvalue weighted by Gasteiger charge is -2.15. The largest absolute Gasteiger partial charge is 0.497 e. The first kappa shape index (κ1) is 20.7. The average Bonchev–Trinajstić information content (AvgIpc) is 3.21. The van der Waals surface area contributed by atoms with E-state index in [-0.39, 0.29) is 11.9 Å². The summed E-state index contributed by atoms with van der Waals surface area (Å²) in [6.45, 7) is 4.74. The van der Waals surface area contributed by atoms with Gasteiger partial charge in [0.2, 0.25) is 0 Å². The van der Waals surface area contributed by atoms with Crippen molar-refractivity contribution in [1.29, 1.82) is 0 Å². The molecule has 1 amide bonds. The number of aryl methyl sites for hydroxylation is 1. The highest BCUT2D eigenvalue weighted by Gasteiger charge is 2.14. The number of carbonyl (C=O) groups excluding carboxylic acids is 1. The Morgan fingerprint density at radius 2 is 1.87 bits per heavy atom. The lowest BCUT2D eigenvalue weighted by atomic mass is 10.0. The maximum atomic E-state index is 12.9. The number of aromatic nitrogens is 2. The van der Waals surface area contributed by atoms with Gasteiger partial charge in [-0.15, -0.1) is 0 Å². The van der Waals surface area contributed by atoms with Crippen LogP contribution in [-0.4, -0.2) is 22.8 Å². The zero-order valence-electron chi connectivity index (χ0n) is 18.1. The summed E-state index contributed by atoms with van der Waals surface area (Å²) in [5, 5.41) is 8.62. The van der Waals surface area contributed by atoms with Crippen LogP contribution in [0, 0.1) is 0 Å². The minimum atomic E-state index is -0.0944. The Morgan fingerprint density at radius 3 is 2.61 bits per heavy atom. The summed E-state index contributed by atoms with van der Waals surface area (Å²) >= 11 is 0. The molecular formula is C26H27N3O2. The predicted molar refractivity (Wildman–Crippen MR) is 124 cm³/mol. The number of ether oxygens (including phenoxy) is 1. The number of benzene rings is 3. The molecule has 0 aliphatic rings.